The van der Waals surface area contributed by atoms with Crippen LogP contribution in [0.4, 0.5) is 0 Å². The van der Waals surface area contributed by atoms with Gasteiger partial charge in [0.1, 0.15) is 4.33 Å². The number of benzene rings is 1. The van der Waals surface area contributed by atoms with E-state index in [0.717, 1.165) is 5.56 Å². The molecule has 0 amide bonds. The summed E-state index contributed by atoms with van der Waals surface area (Å²) in [7, 11) is -5.30. The predicted octanol–water partition coefficient (Wildman–Crippen LogP) is 3.21. The third-order valence-electron chi connectivity index (χ3n) is 2.30. The molecule has 0 aliphatic rings. The normalized spacial score (nSPS) is 14.8. The molecule has 1 aromatic rings. The van der Waals surface area contributed by atoms with Gasteiger partial charge in [0.15, 0.2) is 9.84 Å². The molecule has 0 aliphatic heterocycles. The Hall–Kier alpha value is -0.323. The van der Waals surface area contributed by atoms with Crippen LogP contribution in [0, 0.1) is 6.92 Å². The SMILES string of the molecule is Cc1ccc(S(=O)(=O)C(Cl)[Si](C)(C)C)cc1. The van der Waals surface area contributed by atoms with Gasteiger partial charge < -0.3 is 0 Å². The lowest BCUT2D eigenvalue weighted by molar-refractivity contribution is 0.598. The molecule has 16 heavy (non-hydrogen) atoms. The van der Waals surface area contributed by atoms with E-state index in [2.05, 4.69) is 0 Å². The number of rotatable bonds is 3. The second-order valence-electron chi connectivity index (χ2n) is 5.04. The molecule has 1 rings (SSSR count). The first-order chi connectivity index (χ1) is 7.15. The quantitative estimate of drug-likeness (QED) is 0.628. The molecule has 0 aromatic heterocycles. The Balaban J connectivity index is 3.17. The predicted molar refractivity (Wildman–Crippen MR) is 71.4 cm³/mol. The molecule has 90 valence electrons. The Morgan fingerprint density at radius 3 is 1.94 bits per heavy atom. The van der Waals surface area contributed by atoms with Crippen LogP contribution in [0.3, 0.4) is 0 Å². The van der Waals surface area contributed by atoms with E-state index in [1.54, 1.807) is 24.3 Å². The average molecular weight is 277 g/mol. The first-order valence-corrected chi connectivity index (χ1v) is 10.7. The molecule has 0 bridgehead atoms. The Bertz CT molecular complexity index is 460. The van der Waals surface area contributed by atoms with Crippen LogP contribution in [-0.4, -0.2) is 20.8 Å². The number of halogens is 1. The minimum atomic E-state index is -3.39. The van der Waals surface area contributed by atoms with Crippen LogP contribution < -0.4 is 0 Å². The fourth-order valence-electron chi connectivity index (χ4n) is 1.31. The summed E-state index contributed by atoms with van der Waals surface area (Å²) in [5.74, 6) is 0. The first-order valence-electron chi connectivity index (χ1n) is 5.10. The van der Waals surface area contributed by atoms with Gasteiger partial charge in [-0.25, -0.2) is 8.42 Å². The lowest BCUT2D eigenvalue weighted by atomic mass is 10.2. The van der Waals surface area contributed by atoms with Crippen molar-refractivity contribution in [2.45, 2.75) is 35.8 Å². The summed E-state index contributed by atoms with van der Waals surface area (Å²) < 4.78 is 23.6. The Labute approximate surface area is 104 Å². The molecule has 5 heteroatoms. The lowest BCUT2D eigenvalue weighted by Crippen LogP contribution is -2.39. The average Bonchev–Trinajstić information content (AvgIpc) is 2.16. The van der Waals surface area contributed by atoms with Gasteiger partial charge in [0.2, 0.25) is 0 Å². The maximum Gasteiger partial charge on any atom is 0.192 e. The van der Waals surface area contributed by atoms with E-state index in [4.69, 9.17) is 11.6 Å². The van der Waals surface area contributed by atoms with Gasteiger partial charge in [-0.2, -0.15) is 0 Å². The molecule has 0 spiro atoms. The molecular formula is C11H17ClO2SSi. The van der Waals surface area contributed by atoms with Crippen molar-refractivity contribution in [1.82, 2.24) is 0 Å². The molecule has 2 nitrogen and oxygen atoms in total. The summed E-state index contributed by atoms with van der Waals surface area (Å²) in [5, 5.41) is 0. The third kappa shape index (κ3) is 2.87. The monoisotopic (exact) mass is 276 g/mol. The van der Waals surface area contributed by atoms with Crippen LogP contribution >= 0.6 is 11.6 Å². The van der Waals surface area contributed by atoms with E-state index in [1.165, 1.54) is 0 Å². The fourth-order valence-corrected chi connectivity index (χ4v) is 6.51. The van der Waals surface area contributed by atoms with Crippen molar-refractivity contribution in [3.05, 3.63) is 29.8 Å². The van der Waals surface area contributed by atoms with E-state index in [9.17, 15) is 8.42 Å². The highest BCUT2D eigenvalue weighted by Crippen LogP contribution is 2.26. The lowest BCUT2D eigenvalue weighted by Gasteiger charge is -2.22. The standard InChI is InChI=1S/C11H17ClO2SSi/c1-9-5-7-10(8-6-9)15(13,14)11(12)16(2,3)4/h5-8,11H,1-4H3. The van der Waals surface area contributed by atoms with Crippen LogP contribution in [0.5, 0.6) is 0 Å². The summed E-state index contributed by atoms with van der Waals surface area (Å²) >= 11 is 6.10. The number of hydrogen-bond acceptors (Lipinski definition) is 2. The largest absolute Gasteiger partial charge is 0.222 e. The van der Waals surface area contributed by atoms with E-state index in [1.807, 2.05) is 26.6 Å². The Kier molecular flexibility index (Phi) is 3.87. The van der Waals surface area contributed by atoms with E-state index >= 15 is 0 Å². The smallest absolute Gasteiger partial charge is 0.192 e. The van der Waals surface area contributed by atoms with Crippen LogP contribution in [0.15, 0.2) is 29.2 Å². The molecule has 0 aliphatic carbocycles. The van der Waals surface area contributed by atoms with Crippen molar-refractivity contribution < 1.29 is 8.42 Å². The third-order valence-corrected chi connectivity index (χ3v) is 10.9. The van der Waals surface area contributed by atoms with Gasteiger partial charge in [-0.3, -0.25) is 0 Å². The van der Waals surface area contributed by atoms with Crippen LogP contribution in [0.2, 0.25) is 19.6 Å². The molecule has 0 saturated carbocycles. The van der Waals surface area contributed by atoms with Crippen molar-refractivity contribution in [3.8, 4) is 0 Å². The summed E-state index contributed by atoms with van der Waals surface area (Å²) in [6.07, 6.45) is 0. The van der Waals surface area contributed by atoms with Crippen LogP contribution in [0.1, 0.15) is 5.56 Å². The van der Waals surface area contributed by atoms with Gasteiger partial charge in [0.05, 0.1) is 13.0 Å². The number of aryl methyl sites for hydroxylation is 1. The highest BCUT2D eigenvalue weighted by molar-refractivity contribution is 7.95. The zero-order valence-electron chi connectivity index (χ0n) is 9.99. The number of alkyl halides is 1. The maximum atomic E-state index is 12.2. The molecule has 0 heterocycles. The van der Waals surface area contributed by atoms with Gasteiger partial charge in [0.25, 0.3) is 0 Å². The molecule has 1 aromatic carbocycles. The second-order valence-corrected chi connectivity index (χ2v) is 13.9. The number of sulfone groups is 1. The molecule has 0 radical (unpaired) electrons. The fraction of sp³-hybridized carbons (Fsp3) is 0.455. The molecule has 0 fully saturated rings. The molecule has 0 saturated heterocycles. The maximum absolute atomic E-state index is 12.2. The van der Waals surface area contributed by atoms with Crippen molar-refractivity contribution >= 4 is 29.5 Å². The topological polar surface area (TPSA) is 34.1 Å². The highest BCUT2D eigenvalue weighted by atomic mass is 35.5. The molecular weight excluding hydrogens is 260 g/mol. The second kappa shape index (κ2) is 4.51. The van der Waals surface area contributed by atoms with Gasteiger partial charge in [-0.05, 0) is 19.1 Å². The summed E-state index contributed by atoms with van der Waals surface area (Å²) in [6, 6.07) is 6.84. The van der Waals surface area contributed by atoms with Crippen LogP contribution in [0.25, 0.3) is 0 Å². The zero-order valence-corrected chi connectivity index (χ0v) is 12.6. The number of hydrogen-bond donors (Lipinski definition) is 0. The van der Waals surface area contributed by atoms with Gasteiger partial charge in [-0.15, -0.1) is 11.6 Å². The van der Waals surface area contributed by atoms with E-state index in [-0.39, 0.29) is 0 Å². The van der Waals surface area contributed by atoms with E-state index in [0.29, 0.717) is 4.90 Å². The summed E-state index contributed by atoms with van der Waals surface area (Å²) in [5.41, 5.74) is 1.04. The Morgan fingerprint density at radius 2 is 1.56 bits per heavy atom. The molecule has 0 N–H and O–H groups in total. The van der Waals surface area contributed by atoms with Gasteiger partial charge in [0, 0.05) is 0 Å². The minimum absolute atomic E-state index is 0.320. The van der Waals surface area contributed by atoms with Crippen LogP contribution in [-0.2, 0) is 9.84 Å². The summed E-state index contributed by atoms with van der Waals surface area (Å²) in [4.78, 5) is 0.320. The summed E-state index contributed by atoms with van der Waals surface area (Å²) in [6.45, 7) is 7.79. The zero-order chi connectivity index (χ0) is 12.6. The van der Waals surface area contributed by atoms with Crippen molar-refractivity contribution in [2.75, 3.05) is 0 Å². The first kappa shape index (κ1) is 13.7. The van der Waals surface area contributed by atoms with E-state index < -0.39 is 22.2 Å². The minimum Gasteiger partial charge on any atom is -0.222 e. The van der Waals surface area contributed by atoms with Gasteiger partial charge >= 0.3 is 0 Å². The highest BCUT2D eigenvalue weighted by Gasteiger charge is 2.36. The molecule has 1 atom stereocenters. The van der Waals surface area contributed by atoms with Crippen molar-refractivity contribution in [1.29, 1.82) is 0 Å². The Morgan fingerprint density at radius 1 is 1.12 bits per heavy atom. The van der Waals surface area contributed by atoms with Crippen molar-refractivity contribution in [2.24, 2.45) is 0 Å². The van der Waals surface area contributed by atoms with Gasteiger partial charge in [-0.1, -0.05) is 37.3 Å². The molecule has 1 unspecified atom stereocenters. The van der Waals surface area contributed by atoms with Crippen molar-refractivity contribution in [3.63, 3.8) is 0 Å².